The van der Waals surface area contributed by atoms with Crippen LogP contribution in [0.5, 0.6) is 5.75 Å². The van der Waals surface area contributed by atoms with Crippen LogP contribution in [0.3, 0.4) is 0 Å². The zero-order chi connectivity index (χ0) is 18.1. The standard InChI is InChI=1S/C20H26N2O3S.ClH/c1-25-19-8-9-20(18-5-3-2-4-17(18)19)26(23,24)22-12-10-16(11-13-22)21-14-15-6-7-15;/h2-5,8-9,15-16,21H,6-7,10-14H2,1H3;1H. The van der Waals surface area contributed by atoms with Gasteiger partial charge >= 0.3 is 0 Å². The van der Waals surface area contributed by atoms with E-state index in [1.807, 2.05) is 24.3 Å². The summed E-state index contributed by atoms with van der Waals surface area (Å²) in [5, 5.41) is 5.16. The first-order valence-corrected chi connectivity index (χ1v) is 10.8. The number of nitrogens with zero attached hydrogens (tertiary/aromatic N) is 1. The number of rotatable bonds is 6. The molecule has 148 valence electrons. The summed E-state index contributed by atoms with van der Waals surface area (Å²) in [5.74, 6) is 1.55. The van der Waals surface area contributed by atoms with Crippen molar-refractivity contribution in [2.75, 3.05) is 26.7 Å². The summed E-state index contributed by atoms with van der Waals surface area (Å²) in [6.07, 6.45) is 4.43. The second-order valence-corrected chi connectivity index (χ2v) is 9.25. The van der Waals surface area contributed by atoms with Crippen LogP contribution < -0.4 is 10.1 Å². The van der Waals surface area contributed by atoms with E-state index in [4.69, 9.17) is 4.74 Å². The Labute approximate surface area is 167 Å². The molecule has 1 aliphatic carbocycles. The average Bonchev–Trinajstić information content (AvgIpc) is 3.50. The van der Waals surface area contributed by atoms with E-state index in [0.29, 0.717) is 29.8 Å². The van der Waals surface area contributed by atoms with Gasteiger partial charge in [0.25, 0.3) is 0 Å². The lowest BCUT2D eigenvalue weighted by Gasteiger charge is -2.32. The molecule has 0 spiro atoms. The maximum Gasteiger partial charge on any atom is 0.243 e. The van der Waals surface area contributed by atoms with Crippen LogP contribution in [0.2, 0.25) is 0 Å². The van der Waals surface area contributed by atoms with Crippen LogP contribution in [-0.2, 0) is 10.0 Å². The maximum atomic E-state index is 13.2. The van der Waals surface area contributed by atoms with E-state index >= 15 is 0 Å². The van der Waals surface area contributed by atoms with Crippen molar-refractivity contribution in [2.45, 2.75) is 36.6 Å². The van der Waals surface area contributed by atoms with Gasteiger partial charge in [-0.15, -0.1) is 12.4 Å². The van der Waals surface area contributed by atoms with E-state index in [2.05, 4.69) is 5.32 Å². The predicted molar refractivity (Wildman–Crippen MR) is 110 cm³/mol. The van der Waals surface area contributed by atoms with Gasteiger partial charge in [-0.05, 0) is 50.3 Å². The van der Waals surface area contributed by atoms with Gasteiger partial charge in [-0.1, -0.05) is 24.3 Å². The second-order valence-electron chi connectivity index (χ2n) is 7.34. The van der Waals surface area contributed by atoms with Crippen LogP contribution in [0.25, 0.3) is 10.8 Å². The zero-order valence-corrected chi connectivity index (χ0v) is 17.2. The summed E-state index contributed by atoms with van der Waals surface area (Å²) in [6.45, 7) is 2.23. The Balaban J connectivity index is 0.00000210. The summed E-state index contributed by atoms with van der Waals surface area (Å²) in [7, 11) is -1.90. The number of fused-ring (bicyclic) bond motifs is 1. The van der Waals surface area contributed by atoms with Crippen LogP contribution >= 0.6 is 12.4 Å². The number of piperidine rings is 1. The van der Waals surface area contributed by atoms with Gasteiger partial charge in [-0.25, -0.2) is 8.42 Å². The third-order valence-corrected chi connectivity index (χ3v) is 7.48. The van der Waals surface area contributed by atoms with Crippen molar-refractivity contribution in [1.29, 1.82) is 0 Å². The Hall–Kier alpha value is -1.34. The Kier molecular flexibility index (Phi) is 6.31. The summed E-state index contributed by atoms with van der Waals surface area (Å²) in [6, 6.07) is 11.4. The quantitative estimate of drug-likeness (QED) is 0.792. The fraction of sp³-hybridized carbons (Fsp3) is 0.500. The van der Waals surface area contributed by atoms with Crippen LogP contribution in [0.4, 0.5) is 0 Å². The van der Waals surface area contributed by atoms with Crippen molar-refractivity contribution >= 4 is 33.2 Å². The third kappa shape index (κ3) is 4.24. The van der Waals surface area contributed by atoms with Gasteiger partial charge in [0.1, 0.15) is 5.75 Å². The van der Waals surface area contributed by atoms with Gasteiger partial charge in [-0.2, -0.15) is 4.31 Å². The number of halogens is 1. The Morgan fingerprint density at radius 1 is 1.04 bits per heavy atom. The SMILES string of the molecule is COc1ccc(S(=O)(=O)N2CCC(NCC3CC3)CC2)c2ccccc12.Cl. The number of benzene rings is 2. The molecular weight excluding hydrogens is 384 g/mol. The van der Waals surface area contributed by atoms with Gasteiger partial charge < -0.3 is 10.1 Å². The third-order valence-electron chi connectivity index (χ3n) is 5.53. The molecule has 0 unspecified atom stereocenters. The first-order chi connectivity index (χ1) is 12.6. The molecule has 4 rings (SSSR count). The van der Waals surface area contributed by atoms with Crippen LogP contribution in [0.1, 0.15) is 25.7 Å². The molecule has 0 aromatic heterocycles. The van der Waals surface area contributed by atoms with Crippen molar-refractivity contribution in [2.24, 2.45) is 5.92 Å². The highest BCUT2D eigenvalue weighted by molar-refractivity contribution is 7.89. The highest BCUT2D eigenvalue weighted by atomic mass is 35.5. The normalized spacial score (nSPS) is 19.0. The molecule has 0 atom stereocenters. The largest absolute Gasteiger partial charge is 0.496 e. The maximum absolute atomic E-state index is 13.2. The molecule has 2 aromatic carbocycles. The molecule has 2 aliphatic rings. The molecule has 5 nitrogen and oxygen atoms in total. The predicted octanol–water partition coefficient (Wildman–Crippen LogP) is 3.42. The molecule has 0 amide bonds. The lowest BCUT2D eigenvalue weighted by atomic mass is 10.1. The molecule has 0 bridgehead atoms. The first-order valence-electron chi connectivity index (χ1n) is 9.39. The van der Waals surface area contributed by atoms with Crippen molar-refractivity contribution in [3.63, 3.8) is 0 Å². The van der Waals surface area contributed by atoms with E-state index in [1.165, 1.54) is 12.8 Å². The first kappa shape index (κ1) is 20.4. The molecule has 0 radical (unpaired) electrons. The molecule has 1 N–H and O–H groups in total. The van der Waals surface area contributed by atoms with Gasteiger partial charge in [-0.3, -0.25) is 0 Å². The van der Waals surface area contributed by atoms with Crippen molar-refractivity contribution in [3.05, 3.63) is 36.4 Å². The second kappa shape index (κ2) is 8.35. The highest BCUT2D eigenvalue weighted by Gasteiger charge is 2.31. The van der Waals surface area contributed by atoms with Crippen LogP contribution in [0.15, 0.2) is 41.3 Å². The Bertz CT molecular complexity index is 891. The van der Waals surface area contributed by atoms with Gasteiger partial charge in [0.05, 0.1) is 12.0 Å². The van der Waals surface area contributed by atoms with E-state index in [-0.39, 0.29) is 12.4 Å². The minimum absolute atomic E-state index is 0. The number of hydrogen-bond donors (Lipinski definition) is 1. The van der Waals surface area contributed by atoms with E-state index in [9.17, 15) is 8.42 Å². The van der Waals surface area contributed by atoms with E-state index in [0.717, 1.165) is 36.1 Å². The fourth-order valence-corrected chi connectivity index (χ4v) is 5.41. The smallest absolute Gasteiger partial charge is 0.243 e. The molecule has 7 heteroatoms. The monoisotopic (exact) mass is 410 g/mol. The fourth-order valence-electron chi connectivity index (χ4n) is 3.74. The Morgan fingerprint density at radius 3 is 2.33 bits per heavy atom. The number of hydrogen-bond acceptors (Lipinski definition) is 4. The lowest BCUT2D eigenvalue weighted by Crippen LogP contribution is -2.45. The minimum atomic E-state index is -3.51. The highest BCUT2D eigenvalue weighted by Crippen LogP contribution is 2.33. The molecule has 2 aromatic rings. The van der Waals surface area contributed by atoms with Gasteiger partial charge in [0, 0.05) is 29.9 Å². The topological polar surface area (TPSA) is 58.6 Å². The van der Waals surface area contributed by atoms with Crippen molar-refractivity contribution in [1.82, 2.24) is 9.62 Å². The molecule has 1 saturated heterocycles. The lowest BCUT2D eigenvalue weighted by molar-refractivity contribution is 0.288. The van der Waals surface area contributed by atoms with Crippen molar-refractivity contribution in [3.8, 4) is 5.75 Å². The van der Waals surface area contributed by atoms with Crippen LogP contribution in [-0.4, -0.2) is 45.5 Å². The molecular formula is C20H27ClN2O3S. The Morgan fingerprint density at radius 2 is 1.70 bits per heavy atom. The number of sulfonamides is 1. The molecule has 1 aliphatic heterocycles. The average molecular weight is 411 g/mol. The minimum Gasteiger partial charge on any atom is -0.496 e. The number of ether oxygens (including phenoxy) is 1. The number of methoxy groups -OCH3 is 1. The molecule has 27 heavy (non-hydrogen) atoms. The summed E-state index contributed by atoms with van der Waals surface area (Å²) in [4.78, 5) is 0.373. The molecule has 2 fully saturated rings. The summed E-state index contributed by atoms with van der Waals surface area (Å²) < 4.78 is 33.5. The van der Waals surface area contributed by atoms with Crippen LogP contribution in [0, 0.1) is 5.92 Å². The molecule has 1 saturated carbocycles. The molecule has 1 heterocycles. The summed E-state index contributed by atoms with van der Waals surface area (Å²) in [5.41, 5.74) is 0. The zero-order valence-electron chi connectivity index (χ0n) is 15.6. The summed E-state index contributed by atoms with van der Waals surface area (Å²) >= 11 is 0. The number of nitrogens with one attached hydrogen (secondary N) is 1. The van der Waals surface area contributed by atoms with Gasteiger partial charge in [0.2, 0.25) is 10.0 Å². The van der Waals surface area contributed by atoms with E-state index in [1.54, 1.807) is 23.5 Å². The van der Waals surface area contributed by atoms with E-state index < -0.39 is 10.0 Å². The van der Waals surface area contributed by atoms with Gasteiger partial charge in [0.15, 0.2) is 0 Å². The van der Waals surface area contributed by atoms with Crippen molar-refractivity contribution < 1.29 is 13.2 Å².